The van der Waals surface area contributed by atoms with E-state index in [-0.39, 0.29) is 33.5 Å². The van der Waals surface area contributed by atoms with Crippen LogP contribution in [0.1, 0.15) is 18.2 Å². The van der Waals surface area contributed by atoms with Gasteiger partial charge in [-0.15, -0.1) is 0 Å². The SMILES string of the molecule is C/C(=N/Nc1c([N+](=O)[O-])c(C)nn1C)c1cc(F)c(Cl)cc1F. The van der Waals surface area contributed by atoms with E-state index in [0.717, 1.165) is 12.1 Å². The predicted molar refractivity (Wildman–Crippen MR) is 81.8 cm³/mol. The van der Waals surface area contributed by atoms with E-state index >= 15 is 0 Å². The van der Waals surface area contributed by atoms with Crippen LogP contribution in [0.15, 0.2) is 17.2 Å². The van der Waals surface area contributed by atoms with Crippen LogP contribution in [0.3, 0.4) is 0 Å². The molecule has 0 aliphatic heterocycles. The van der Waals surface area contributed by atoms with Gasteiger partial charge in [-0.25, -0.2) is 13.5 Å². The molecular weight excluding hydrogens is 332 g/mol. The molecule has 2 rings (SSSR count). The Hall–Kier alpha value is -2.55. The number of nitro groups is 1. The summed E-state index contributed by atoms with van der Waals surface area (Å²) >= 11 is 5.49. The Labute approximate surface area is 134 Å². The number of rotatable bonds is 4. The van der Waals surface area contributed by atoms with E-state index in [1.165, 1.54) is 25.6 Å². The van der Waals surface area contributed by atoms with Gasteiger partial charge in [0, 0.05) is 12.6 Å². The van der Waals surface area contributed by atoms with Gasteiger partial charge < -0.3 is 0 Å². The first-order chi connectivity index (χ1) is 10.7. The summed E-state index contributed by atoms with van der Waals surface area (Å²) in [6, 6.07) is 1.74. The molecule has 10 heteroatoms. The lowest BCUT2D eigenvalue weighted by atomic mass is 10.1. The third-order valence-electron chi connectivity index (χ3n) is 3.10. The van der Waals surface area contributed by atoms with E-state index < -0.39 is 16.6 Å². The standard InChI is InChI=1S/C13H12ClF2N5O2/c1-6(8-4-11(16)9(14)5-10(8)15)17-18-13-12(21(22)23)7(2)19-20(13)3/h4-5,18H,1-3H3/b17-6-. The van der Waals surface area contributed by atoms with Crippen molar-refractivity contribution < 1.29 is 13.7 Å². The molecule has 0 aliphatic carbocycles. The Morgan fingerprint density at radius 2 is 2.09 bits per heavy atom. The van der Waals surface area contributed by atoms with Crippen LogP contribution in [-0.4, -0.2) is 20.4 Å². The third-order valence-corrected chi connectivity index (χ3v) is 3.39. The van der Waals surface area contributed by atoms with E-state index in [4.69, 9.17) is 11.6 Å². The third kappa shape index (κ3) is 3.29. The minimum absolute atomic E-state index is 0.0293. The van der Waals surface area contributed by atoms with Crippen LogP contribution in [-0.2, 0) is 7.05 Å². The van der Waals surface area contributed by atoms with Crippen LogP contribution in [0.2, 0.25) is 5.02 Å². The van der Waals surface area contributed by atoms with Gasteiger partial charge in [0.05, 0.1) is 15.7 Å². The van der Waals surface area contributed by atoms with E-state index in [1.54, 1.807) is 0 Å². The molecule has 122 valence electrons. The number of anilines is 1. The Bertz CT molecular complexity index is 819. The molecule has 1 aromatic heterocycles. The highest BCUT2D eigenvalue weighted by molar-refractivity contribution is 6.30. The molecule has 0 spiro atoms. The van der Waals surface area contributed by atoms with Crippen molar-refractivity contribution in [2.24, 2.45) is 12.1 Å². The number of hydrazone groups is 1. The average molecular weight is 344 g/mol. The Balaban J connectivity index is 2.38. The van der Waals surface area contributed by atoms with Crippen molar-refractivity contribution >= 4 is 28.8 Å². The lowest BCUT2D eigenvalue weighted by Gasteiger charge is -2.06. The van der Waals surface area contributed by atoms with Crippen molar-refractivity contribution in [3.63, 3.8) is 0 Å². The molecule has 1 N–H and O–H groups in total. The summed E-state index contributed by atoms with van der Waals surface area (Å²) in [5.41, 5.74) is 2.41. The predicted octanol–water partition coefficient (Wildman–Crippen LogP) is 3.40. The van der Waals surface area contributed by atoms with Crippen LogP contribution in [0.4, 0.5) is 20.3 Å². The van der Waals surface area contributed by atoms with E-state index in [0.29, 0.717) is 0 Å². The highest BCUT2D eigenvalue weighted by atomic mass is 35.5. The molecule has 0 amide bonds. The van der Waals surface area contributed by atoms with Gasteiger partial charge in [-0.2, -0.15) is 10.2 Å². The molecule has 0 unspecified atom stereocenters. The van der Waals surface area contributed by atoms with Crippen LogP contribution in [0.25, 0.3) is 0 Å². The number of nitrogens with zero attached hydrogens (tertiary/aromatic N) is 4. The number of hydrogen-bond acceptors (Lipinski definition) is 5. The maximum Gasteiger partial charge on any atom is 0.335 e. The van der Waals surface area contributed by atoms with Crippen LogP contribution in [0.5, 0.6) is 0 Å². The summed E-state index contributed by atoms with van der Waals surface area (Å²) in [6.07, 6.45) is 0. The topological polar surface area (TPSA) is 85.3 Å². The zero-order valence-electron chi connectivity index (χ0n) is 12.4. The Morgan fingerprint density at radius 3 is 2.70 bits per heavy atom. The lowest BCUT2D eigenvalue weighted by molar-refractivity contribution is -0.384. The van der Waals surface area contributed by atoms with Gasteiger partial charge >= 0.3 is 5.69 Å². The summed E-state index contributed by atoms with van der Waals surface area (Å²) < 4.78 is 28.5. The van der Waals surface area contributed by atoms with Crippen molar-refractivity contribution in [2.75, 3.05) is 5.43 Å². The van der Waals surface area contributed by atoms with Gasteiger partial charge in [-0.05, 0) is 26.0 Å². The van der Waals surface area contributed by atoms with Crippen LogP contribution in [0, 0.1) is 28.7 Å². The fourth-order valence-corrected chi connectivity index (χ4v) is 2.14. The number of nitrogens with one attached hydrogen (secondary N) is 1. The molecule has 0 aliphatic rings. The number of hydrogen-bond donors (Lipinski definition) is 1. The first-order valence-corrected chi connectivity index (χ1v) is 6.73. The molecule has 0 saturated heterocycles. The molecular formula is C13H12ClF2N5O2. The molecule has 0 saturated carbocycles. The highest BCUT2D eigenvalue weighted by Crippen LogP contribution is 2.27. The maximum atomic E-state index is 13.8. The van der Waals surface area contributed by atoms with Gasteiger partial charge in [-0.1, -0.05) is 11.6 Å². The quantitative estimate of drug-likeness (QED) is 0.399. The molecule has 23 heavy (non-hydrogen) atoms. The molecule has 0 bridgehead atoms. The average Bonchev–Trinajstić information content (AvgIpc) is 2.74. The smallest absolute Gasteiger partial charge is 0.258 e. The minimum Gasteiger partial charge on any atom is -0.258 e. The molecule has 0 atom stereocenters. The first kappa shape index (κ1) is 16.8. The Kier molecular flexibility index (Phi) is 4.60. The largest absolute Gasteiger partial charge is 0.335 e. The lowest BCUT2D eigenvalue weighted by Crippen LogP contribution is -2.06. The van der Waals surface area contributed by atoms with Gasteiger partial charge in [0.2, 0.25) is 5.82 Å². The van der Waals surface area contributed by atoms with Crippen LogP contribution >= 0.6 is 11.6 Å². The van der Waals surface area contributed by atoms with Crippen molar-refractivity contribution in [2.45, 2.75) is 13.8 Å². The van der Waals surface area contributed by atoms with E-state index in [2.05, 4.69) is 15.6 Å². The van der Waals surface area contributed by atoms with Gasteiger partial charge in [0.25, 0.3) is 0 Å². The molecule has 1 heterocycles. The second-order valence-electron chi connectivity index (χ2n) is 4.72. The minimum atomic E-state index is -0.792. The van der Waals surface area contributed by atoms with Gasteiger partial charge in [0.1, 0.15) is 17.3 Å². The molecule has 0 radical (unpaired) electrons. The monoisotopic (exact) mass is 343 g/mol. The number of aromatic nitrogens is 2. The number of halogens is 3. The molecule has 0 fully saturated rings. The van der Waals surface area contributed by atoms with E-state index in [1.807, 2.05) is 0 Å². The number of benzene rings is 1. The summed E-state index contributed by atoms with van der Waals surface area (Å²) in [4.78, 5) is 10.4. The first-order valence-electron chi connectivity index (χ1n) is 6.35. The summed E-state index contributed by atoms with van der Waals surface area (Å²) in [5.74, 6) is -1.52. The van der Waals surface area contributed by atoms with Crippen molar-refractivity contribution in [1.29, 1.82) is 0 Å². The second-order valence-corrected chi connectivity index (χ2v) is 5.13. The van der Waals surface area contributed by atoms with Crippen molar-refractivity contribution in [3.05, 3.63) is 50.2 Å². The van der Waals surface area contributed by atoms with Crippen molar-refractivity contribution in [1.82, 2.24) is 9.78 Å². The summed E-state index contributed by atoms with van der Waals surface area (Å²) in [7, 11) is 1.50. The highest BCUT2D eigenvalue weighted by Gasteiger charge is 2.24. The fourth-order valence-electron chi connectivity index (χ4n) is 1.99. The summed E-state index contributed by atoms with van der Waals surface area (Å²) in [5, 5.41) is 18.5. The van der Waals surface area contributed by atoms with Gasteiger partial charge in [0.15, 0.2) is 0 Å². The maximum absolute atomic E-state index is 13.8. The normalized spacial score (nSPS) is 11.7. The molecule has 7 nitrogen and oxygen atoms in total. The van der Waals surface area contributed by atoms with Gasteiger partial charge in [-0.3, -0.25) is 15.5 Å². The summed E-state index contributed by atoms with van der Waals surface area (Å²) in [6.45, 7) is 2.90. The Morgan fingerprint density at radius 1 is 1.43 bits per heavy atom. The zero-order valence-corrected chi connectivity index (χ0v) is 13.1. The zero-order chi connectivity index (χ0) is 17.3. The molecule has 1 aromatic carbocycles. The van der Waals surface area contributed by atoms with E-state index in [9.17, 15) is 18.9 Å². The molecule has 2 aromatic rings. The number of aryl methyl sites for hydroxylation is 2. The second kappa shape index (κ2) is 6.29. The fraction of sp³-hybridized carbons (Fsp3) is 0.231. The van der Waals surface area contributed by atoms with Crippen LogP contribution < -0.4 is 5.43 Å². The van der Waals surface area contributed by atoms with Crippen molar-refractivity contribution in [3.8, 4) is 0 Å².